The van der Waals surface area contributed by atoms with Gasteiger partial charge in [0.2, 0.25) is 0 Å². The first-order chi connectivity index (χ1) is 6.86. The van der Waals surface area contributed by atoms with Crippen molar-refractivity contribution in [1.82, 2.24) is 14.8 Å². The van der Waals surface area contributed by atoms with Crippen molar-refractivity contribution in [3.05, 3.63) is 18.3 Å². The second kappa shape index (κ2) is 2.70. The van der Waals surface area contributed by atoms with Crippen LogP contribution in [0.1, 0.15) is 25.3 Å². The Morgan fingerprint density at radius 2 is 2.29 bits per heavy atom. The van der Waals surface area contributed by atoms with E-state index in [1.54, 1.807) is 6.20 Å². The van der Waals surface area contributed by atoms with Gasteiger partial charge < -0.3 is 5.73 Å². The van der Waals surface area contributed by atoms with Gasteiger partial charge in [0, 0.05) is 6.20 Å². The van der Waals surface area contributed by atoms with E-state index in [1.807, 2.05) is 16.8 Å². The van der Waals surface area contributed by atoms with E-state index < -0.39 is 0 Å². The molecule has 0 bridgehead atoms. The largest absolute Gasteiger partial charge is 0.382 e. The van der Waals surface area contributed by atoms with Gasteiger partial charge in [0.15, 0.2) is 11.5 Å². The first-order valence-electron chi connectivity index (χ1n) is 4.95. The molecule has 4 heteroatoms. The molecular formula is C10H12N4. The lowest BCUT2D eigenvalue weighted by molar-refractivity contribution is 0.296. The van der Waals surface area contributed by atoms with Crippen LogP contribution in [0.3, 0.4) is 0 Å². The van der Waals surface area contributed by atoms with Gasteiger partial charge in [0.05, 0.1) is 11.4 Å². The maximum absolute atomic E-state index is 5.82. The predicted molar refractivity (Wildman–Crippen MR) is 54.8 cm³/mol. The van der Waals surface area contributed by atoms with Gasteiger partial charge in [-0.1, -0.05) is 0 Å². The SMILES string of the molecule is Nc1nn(C2CCC2)c2ncccc12. The number of pyridine rings is 1. The van der Waals surface area contributed by atoms with Crippen molar-refractivity contribution >= 4 is 16.9 Å². The molecule has 2 N–H and O–H groups in total. The van der Waals surface area contributed by atoms with Crippen molar-refractivity contribution in [2.24, 2.45) is 0 Å². The summed E-state index contributed by atoms with van der Waals surface area (Å²) in [4.78, 5) is 4.33. The summed E-state index contributed by atoms with van der Waals surface area (Å²) in [6, 6.07) is 4.38. The van der Waals surface area contributed by atoms with E-state index in [0.29, 0.717) is 11.9 Å². The number of nitrogen functional groups attached to an aromatic ring is 1. The number of rotatable bonds is 1. The number of hydrogen-bond donors (Lipinski definition) is 1. The number of nitrogens with zero attached hydrogens (tertiary/aromatic N) is 3. The molecule has 2 aromatic rings. The zero-order valence-corrected chi connectivity index (χ0v) is 7.85. The maximum Gasteiger partial charge on any atom is 0.160 e. The molecule has 14 heavy (non-hydrogen) atoms. The molecule has 2 aromatic heterocycles. The first kappa shape index (κ1) is 7.79. The lowest BCUT2D eigenvalue weighted by Gasteiger charge is -2.25. The smallest absolute Gasteiger partial charge is 0.160 e. The Bertz CT molecular complexity index is 470. The fourth-order valence-corrected chi connectivity index (χ4v) is 1.88. The van der Waals surface area contributed by atoms with Crippen LogP contribution in [-0.2, 0) is 0 Å². The molecule has 0 aromatic carbocycles. The van der Waals surface area contributed by atoms with E-state index in [-0.39, 0.29) is 0 Å². The number of nitrogens with two attached hydrogens (primary N) is 1. The Labute approximate surface area is 81.7 Å². The topological polar surface area (TPSA) is 56.7 Å². The molecule has 0 amide bonds. The highest BCUT2D eigenvalue weighted by Gasteiger charge is 2.23. The molecule has 0 atom stereocenters. The van der Waals surface area contributed by atoms with Crippen LogP contribution in [0, 0.1) is 0 Å². The number of aromatic nitrogens is 3. The number of anilines is 1. The summed E-state index contributed by atoms with van der Waals surface area (Å²) in [6.45, 7) is 0. The average molecular weight is 188 g/mol. The molecule has 0 unspecified atom stereocenters. The Kier molecular flexibility index (Phi) is 1.50. The Morgan fingerprint density at radius 3 is 3.00 bits per heavy atom. The van der Waals surface area contributed by atoms with Gasteiger partial charge in [0.1, 0.15) is 0 Å². The maximum atomic E-state index is 5.82. The summed E-state index contributed by atoms with van der Waals surface area (Å²) < 4.78 is 1.98. The molecule has 3 rings (SSSR count). The standard InChI is InChI=1S/C10H12N4/c11-9-8-5-2-6-12-10(8)14(13-9)7-3-1-4-7/h2,5-7H,1,3-4H2,(H2,11,13). The summed E-state index contributed by atoms with van der Waals surface area (Å²) in [6.07, 6.45) is 5.48. The second-order valence-electron chi connectivity index (χ2n) is 3.79. The van der Waals surface area contributed by atoms with Crippen LogP contribution in [0.4, 0.5) is 5.82 Å². The van der Waals surface area contributed by atoms with Crippen LogP contribution in [0.25, 0.3) is 11.0 Å². The zero-order chi connectivity index (χ0) is 9.54. The van der Waals surface area contributed by atoms with Gasteiger partial charge in [-0.15, -0.1) is 0 Å². The van der Waals surface area contributed by atoms with Crippen molar-refractivity contribution in [3.8, 4) is 0 Å². The molecule has 72 valence electrons. The minimum atomic E-state index is 0.518. The normalized spacial score (nSPS) is 17.1. The van der Waals surface area contributed by atoms with Gasteiger partial charge >= 0.3 is 0 Å². The molecule has 1 aliphatic carbocycles. The van der Waals surface area contributed by atoms with E-state index in [9.17, 15) is 0 Å². The van der Waals surface area contributed by atoms with Crippen LogP contribution >= 0.6 is 0 Å². The van der Waals surface area contributed by atoms with Crippen molar-refractivity contribution in [1.29, 1.82) is 0 Å². The first-order valence-corrected chi connectivity index (χ1v) is 4.95. The molecule has 2 heterocycles. The monoisotopic (exact) mass is 188 g/mol. The van der Waals surface area contributed by atoms with Gasteiger partial charge in [-0.25, -0.2) is 9.67 Å². The van der Waals surface area contributed by atoms with Gasteiger partial charge in [-0.3, -0.25) is 0 Å². The fourth-order valence-electron chi connectivity index (χ4n) is 1.88. The fraction of sp³-hybridized carbons (Fsp3) is 0.400. The van der Waals surface area contributed by atoms with Crippen LogP contribution in [0.15, 0.2) is 18.3 Å². The molecule has 1 saturated carbocycles. The molecule has 0 radical (unpaired) electrons. The minimum Gasteiger partial charge on any atom is -0.382 e. The van der Waals surface area contributed by atoms with Crippen molar-refractivity contribution < 1.29 is 0 Å². The van der Waals surface area contributed by atoms with Crippen LogP contribution in [0.5, 0.6) is 0 Å². The molecule has 0 spiro atoms. The van der Waals surface area contributed by atoms with E-state index in [1.165, 1.54) is 19.3 Å². The summed E-state index contributed by atoms with van der Waals surface area (Å²) in [5.74, 6) is 0.597. The Morgan fingerprint density at radius 1 is 1.43 bits per heavy atom. The summed E-state index contributed by atoms with van der Waals surface area (Å²) in [5, 5.41) is 5.32. The zero-order valence-electron chi connectivity index (χ0n) is 7.85. The molecule has 4 nitrogen and oxygen atoms in total. The molecule has 0 saturated heterocycles. The van der Waals surface area contributed by atoms with Crippen LogP contribution in [-0.4, -0.2) is 14.8 Å². The third-order valence-corrected chi connectivity index (χ3v) is 2.92. The molecule has 0 aliphatic heterocycles. The quantitative estimate of drug-likeness (QED) is 0.741. The number of fused-ring (bicyclic) bond motifs is 1. The van der Waals surface area contributed by atoms with Crippen molar-refractivity contribution in [3.63, 3.8) is 0 Å². The lowest BCUT2D eigenvalue weighted by atomic mass is 9.93. The van der Waals surface area contributed by atoms with E-state index in [2.05, 4.69) is 10.1 Å². The van der Waals surface area contributed by atoms with E-state index in [4.69, 9.17) is 5.73 Å². The van der Waals surface area contributed by atoms with Gasteiger partial charge in [-0.2, -0.15) is 5.10 Å². The molecular weight excluding hydrogens is 176 g/mol. The highest BCUT2D eigenvalue weighted by atomic mass is 15.3. The van der Waals surface area contributed by atoms with Crippen molar-refractivity contribution in [2.75, 3.05) is 5.73 Å². The average Bonchev–Trinajstić information content (AvgIpc) is 2.43. The van der Waals surface area contributed by atoms with Crippen LogP contribution < -0.4 is 5.73 Å². The lowest BCUT2D eigenvalue weighted by Crippen LogP contribution is -2.18. The van der Waals surface area contributed by atoms with E-state index >= 15 is 0 Å². The Balaban J connectivity index is 2.23. The third kappa shape index (κ3) is 0.937. The van der Waals surface area contributed by atoms with Gasteiger partial charge in [-0.05, 0) is 31.4 Å². The highest BCUT2D eigenvalue weighted by Crippen LogP contribution is 2.34. The number of hydrogen-bond acceptors (Lipinski definition) is 3. The highest BCUT2D eigenvalue weighted by molar-refractivity contribution is 5.86. The Hall–Kier alpha value is -1.58. The predicted octanol–water partition coefficient (Wildman–Crippen LogP) is 1.74. The molecule has 1 aliphatic rings. The second-order valence-corrected chi connectivity index (χ2v) is 3.79. The summed E-state index contributed by atoms with van der Waals surface area (Å²) in [5.41, 5.74) is 6.75. The molecule has 1 fully saturated rings. The van der Waals surface area contributed by atoms with Crippen LogP contribution in [0.2, 0.25) is 0 Å². The van der Waals surface area contributed by atoms with Crippen molar-refractivity contribution in [2.45, 2.75) is 25.3 Å². The minimum absolute atomic E-state index is 0.518. The summed E-state index contributed by atoms with van der Waals surface area (Å²) >= 11 is 0. The van der Waals surface area contributed by atoms with Gasteiger partial charge in [0.25, 0.3) is 0 Å². The summed E-state index contributed by atoms with van der Waals surface area (Å²) in [7, 11) is 0. The third-order valence-electron chi connectivity index (χ3n) is 2.92. The van der Waals surface area contributed by atoms with E-state index in [0.717, 1.165) is 11.0 Å².